The zero-order chi connectivity index (χ0) is 23.1. The monoisotopic (exact) mass is 431 g/mol. The first kappa shape index (κ1) is 24.0. The predicted octanol–water partition coefficient (Wildman–Crippen LogP) is 3.57. The number of carbonyl (C=O) groups excluding carboxylic acids is 3. The number of nitrogens with one attached hydrogen (secondary N) is 1. The zero-order valence-corrected chi connectivity index (χ0v) is 18.8. The lowest BCUT2D eigenvalue weighted by Gasteiger charge is -2.13. The highest BCUT2D eigenvalue weighted by Crippen LogP contribution is 2.28. The number of Topliss-reactive ketones (excluding diaryl/α,β-unsaturated/α-hetero) is 1. The number of ketones is 1. The van der Waals surface area contributed by atoms with Crippen LogP contribution in [-0.2, 0) is 20.7 Å². The summed E-state index contributed by atoms with van der Waals surface area (Å²) in [7, 11) is 3.09. The molecule has 1 atom stereocenters. The summed E-state index contributed by atoms with van der Waals surface area (Å²) in [5, 5.41) is 0. The van der Waals surface area contributed by atoms with Gasteiger partial charge in [-0.25, -0.2) is 4.79 Å². The third-order valence-electron chi connectivity index (χ3n) is 4.91. The van der Waals surface area contributed by atoms with Crippen molar-refractivity contribution in [2.45, 2.75) is 46.6 Å². The summed E-state index contributed by atoms with van der Waals surface area (Å²) < 4.78 is 20.8. The summed E-state index contributed by atoms with van der Waals surface area (Å²) >= 11 is 0. The van der Waals surface area contributed by atoms with Gasteiger partial charge in [0.15, 0.2) is 17.6 Å². The molecule has 1 heterocycles. The smallest absolute Gasteiger partial charge is 0.340 e. The van der Waals surface area contributed by atoms with Crippen molar-refractivity contribution in [3.63, 3.8) is 0 Å². The highest BCUT2D eigenvalue weighted by Gasteiger charge is 2.27. The van der Waals surface area contributed by atoms with E-state index in [-0.39, 0.29) is 18.7 Å². The van der Waals surface area contributed by atoms with Crippen molar-refractivity contribution in [2.75, 3.05) is 20.8 Å². The maximum atomic E-state index is 12.8. The first-order chi connectivity index (χ1) is 14.7. The Hall–Kier alpha value is -3.29. The molecule has 8 heteroatoms. The number of ether oxygens (including phenoxy) is 4. The molecule has 0 radical (unpaired) electrons. The third-order valence-corrected chi connectivity index (χ3v) is 4.91. The standard InChI is InChI=1S/C23H29NO7/c1-7-30-23(27)20-13(2)21(24-14(20)3)22(26)15(4)31-19(25)11-9-16-8-10-17(28-5)18(12-16)29-6/h8,10,12,15,24H,7,9,11H2,1-6H3. The molecular weight excluding hydrogens is 402 g/mol. The van der Waals surface area contributed by atoms with Crippen molar-refractivity contribution < 1.29 is 33.3 Å². The molecule has 8 nitrogen and oxygen atoms in total. The van der Waals surface area contributed by atoms with E-state index in [0.717, 1.165) is 5.56 Å². The highest BCUT2D eigenvalue weighted by molar-refractivity contribution is 6.03. The molecule has 2 rings (SSSR count). The molecule has 168 valence electrons. The SMILES string of the molecule is CCOC(=O)c1c(C)[nH]c(C(=O)C(C)OC(=O)CCc2ccc(OC)c(OC)c2)c1C. The quantitative estimate of drug-likeness (QED) is 0.453. The summed E-state index contributed by atoms with van der Waals surface area (Å²) in [6, 6.07) is 5.40. The molecule has 1 N–H and O–H groups in total. The average Bonchev–Trinajstić information content (AvgIpc) is 3.05. The van der Waals surface area contributed by atoms with Crippen LogP contribution in [0.1, 0.15) is 57.9 Å². The van der Waals surface area contributed by atoms with Gasteiger partial charge < -0.3 is 23.9 Å². The lowest BCUT2D eigenvalue weighted by Crippen LogP contribution is -2.25. The van der Waals surface area contributed by atoms with Crippen LogP contribution in [0.5, 0.6) is 11.5 Å². The molecule has 0 spiro atoms. The Bertz CT molecular complexity index is 961. The zero-order valence-electron chi connectivity index (χ0n) is 18.8. The molecule has 0 fully saturated rings. The number of benzene rings is 1. The van der Waals surface area contributed by atoms with E-state index in [1.54, 1.807) is 47.1 Å². The Labute approximate surface area is 181 Å². The summed E-state index contributed by atoms with van der Waals surface area (Å²) in [6.45, 7) is 6.81. The molecule has 0 saturated carbocycles. The van der Waals surface area contributed by atoms with Crippen LogP contribution in [-0.4, -0.2) is 49.6 Å². The molecule has 0 aliphatic rings. The molecule has 1 aromatic heterocycles. The maximum absolute atomic E-state index is 12.8. The lowest BCUT2D eigenvalue weighted by atomic mass is 10.1. The summed E-state index contributed by atoms with van der Waals surface area (Å²) in [5.74, 6) is -0.219. The number of esters is 2. The van der Waals surface area contributed by atoms with Gasteiger partial charge in [0.05, 0.1) is 32.1 Å². The second-order valence-electron chi connectivity index (χ2n) is 7.03. The van der Waals surface area contributed by atoms with Crippen LogP contribution < -0.4 is 9.47 Å². The molecule has 31 heavy (non-hydrogen) atoms. The van der Waals surface area contributed by atoms with E-state index in [2.05, 4.69) is 4.98 Å². The van der Waals surface area contributed by atoms with E-state index in [9.17, 15) is 14.4 Å². The molecule has 1 unspecified atom stereocenters. The van der Waals surface area contributed by atoms with Crippen LogP contribution in [0, 0.1) is 13.8 Å². The molecular formula is C23H29NO7. The van der Waals surface area contributed by atoms with E-state index in [0.29, 0.717) is 34.7 Å². The first-order valence-corrected chi connectivity index (χ1v) is 10.0. The number of H-pyrrole nitrogens is 1. The second-order valence-corrected chi connectivity index (χ2v) is 7.03. The number of aryl methyl sites for hydroxylation is 2. The number of aromatic nitrogens is 1. The Balaban J connectivity index is 2.01. The van der Waals surface area contributed by atoms with Gasteiger partial charge in [0.2, 0.25) is 5.78 Å². The topological polar surface area (TPSA) is 104 Å². The van der Waals surface area contributed by atoms with Crippen LogP contribution in [0.4, 0.5) is 0 Å². The minimum Gasteiger partial charge on any atom is -0.493 e. The van der Waals surface area contributed by atoms with Crippen LogP contribution in [0.25, 0.3) is 0 Å². The molecule has 0 saturated heterocycles. The lowest BCUT2D eigenvalue weighted by molar-refractivity contribution is -0.146. The van der Waals surface area contributed by atoms with Crippen molar-refractivity contribution in [2.24, 2.45) is 0 Å². The number of aromatic amines is 1. The second kappa shape index (κ2) is 10.7. The van der Waals surface area contributed by atoms with Gasteiger partial charge in [-0.3, -0.25) is 9.59 Å². The molecule has 0 aliphatic heterocycles. The number of hydrogen-bond acceptors (Lipinski definition) is 7. The normalized spacial score (nSPS) is 11.5. The molecule has 0 amide bonds. The Morgan fingerprint density at radius 2 is 1.74 bits per heavy atom. The molecule has 0 aliphatic carbocycles. The number of carbonyl (C=O) groups is 3. The van der Waals surface area contributed by atoms with Crippen LogP contribution in [0.2, 0.25) is 0 Å². The van der Waals surface area contributed by atoms with Gasteiger partial charge >= 0.3 is 11.9 Å². The molecule has 1 aromatic carbocycles. The average molecular weight is 431 g/mol. The van der Waals surface area contributed by atoms with E-state index in [1.165, 1.54) is 6.92 Å². The Kier molecular flexibility index (Phi) is 8.24. The van der Waals surface area contributed by atoms with Crippen molar-refractivity contribution in [1.82, 2.24) is 4.98 Å². The maximum Gasteiger partial charge on any atom is 0.340 e. The van der Waals surface area contributed by atoms with Crippen molar-refractivity contribution in [1.29, 1.82) is 0 Å². The number of hydrogen-bond donors (Lipinski definition) is 1. The van der Waals surface area contributed by atoms with Gasteiger partial charge in [0.25, 0.3) is 0 Å². The van der Waals surface area contributed by atoms with Gasteiger partial charge in [0.1, 0.15) is 0 Å². The van der Waals surface area contributed by atoms with Crippen LogP contribution in [0.15, 0.2) is 18.2 Å². The molecule has 0 bridgehead atoms. The first-order valence-electron chi connectivity index (χ1n) is 10.0. The predicted molar refractivity (Wildman–Crippen MR) is 114 cm³/mol. The van der Waals surface area contributed by atoms with Crippen LogP contribution >= 0.6 is 0 Å². The minimum atomic E-state index is -0.996. The van der Waals surface area contributed by atoms with Gasteiger partial charge in [-0.1, -0.05) is 6.07 Å². The van der Waals surface area contributed by atoms with Gasteiger partial charge in [-0.15, -0.1) is 0 Å². The molecule has 2 aromatic rings. The van der Waals surface area contributed by atoms with E-state index in [1.807, 2.05) is 6.07 Å². The van der Waals surface area contributed by atoms with E-state index >= 15 is 0 Å². The van der Waals surface area contributed by atoms with Crippen molar-refractivity contribution >= 4 is 17.7 Å². The van der Waals surface area contributed by atoms with E-state index < -0.39 is 23.8 Å². The highest BCUT2D eigenvalue weighted by atomic mass is 16.5. The summed E-state index contributed by atoms with van der Waals surface area (Å²) in [4.78, 5) is 40.1. The van der Waals surface area contributed by atoms with Gasteiger partial charge in [-0.2, -0.15) is 0 Å². The minimum absolute atomic E-state index is 0.101. The fraction of sp³-hybridized carbons (Fsp3) is 0.435. The fourth-order valence-corrected chi connectivity index (χ4v) is 3.30. The van der Waals surface area contributed by atoms with Gasteiger partial charge in [-0.05, 0) is 57.4 Å². The Morgan fingerprint density at radius 1 is 1.06 bits per heavy atom. The third kappa shape index (κ3) is 5.65. The van der Waals surface area contributed by atoms with Crippen molar-refractivity contribution in [3.05, 3.63) is 46.3 Å². The Morgan fingerprint density at radius 3 is 2.35 bits per heavy atom. The van der Waals surface area contributed by atoms with Crippen molar-refractivity contribution in [3.8, 4) is 11.5 Å². The summed E-state index contributed by atoms with van der Waals surface area (Å²) in [5.41, 5.74) is 2.46. The van der Waals surface area contributed by atoms with Crippen LogP contribution in [0.3, 0.4) is 0 Å². The number of rotatable bonds is 10. The summed E-state index contributed by atoms with van der Waals surface area (Å²) in [6.07, 6.45) is -0.470. The van der Waals surface area contributed by atoms with Gasteiger partial charge in [0, 0.05) is 12.1 Å². The number of methoxy groups -OCH3 is 2. The fourth-order valence-electron chi connectivity index (χ4n) is 3.30. The largest absolute Gasteiger partial charge is 0.493 e. The van der Waals surface area contributed by atoms with E-state index in [4.69, 9.17) is 18.9 Å².